The lowest BCUT2D eigenvalue weighted by atomic mass is 10.2. The topological polar surface area (TPSA) is 68.0 Å². The maximum atomic E-state index is 13.6. The lowest BCUT2D eigenvalue weighted by Gasteiger charge is -2.09. The predicted molar refractivity (Wildman–Crippen MR) is 82.0 cm³/mol. The molecule has 0 fully saturated rings. The number of carbonyl (C=O) groups is 1. The van der Waals surface area contributed by atoms with Crippen LogP contribution in [0.15, 0.2) is 59.1 Å². The molecule has 116 valence electrons. The number of amides is 1. The Kier molecular flexibility index (Phi) is 4.14. The van der Waals surface area contributed by atoms with E-state index in [4.69, 9.17) is 4.52 Å². The van der Waals surface area contributed by atoms with E-state index in [1.165, 1.54) is 18.2 Å². The minimum atomic E-state index is -0.576. The highest BCUT2D eigenvalue weighted by molar-refractivity contribution is 5.94. The molecule has 6 heteroatoms. The lowest BCUT2D eigenvalue weighted by Crippen LogP contribution is -2.27. The van der Waals surface area contributed by atoms with E-state index >= 15 is 0 Å². The fourth-order valence-corrected chi connectivity index (χ4v) is 2.10. The summed E-state index contributed by atoms with van der Waals surface area (Å²) in [6, 6.07) is 14.6. The molecule has 0 radical (unpaired) electrons. The Hall–Kier alpha value is -3.02. The first-order chi connectivity index (χ1) is 11.1. The molecule has 0 aliphatic carbocycles. The highest BCUT2D eigenvalue weighted by Gasteiger charge is 2.19. The lowest BCUT2D eigenvalue weighted by molar-refractivity contribution is 0.0928. The number of nitrogens with one attached hydrogen (secondary N) is 1. The van der Waals surface area contributed by atoms with E-state index in [1.54, 1.807) is 13.0 Å². The quantitative estimate of drug-likeness (QED) is 0.802. The molecule has 0 bridgehead atoms. The van der Waals surface area contributed by atoms with Gasteiger partial charge in [0, 0.05) is 5.56 Å². The first-order valence-corrected chi connectivity index (χ1v) is 7.09. The summed E-state index contributed by atoms with van der Waals surface area (Å²) in [6.07, 6.45) is 0. The summed E-state index contributed by atoms with van der Waals surface area (Å²) in [5.74, 6) is -0.413. The van der Waals surface area contributed by atoms with E-state index in [0.717, 1.165) is 5.56 Å². The molecule has 3 rings (SSSR count). The smallest absolute Gasteiger partial charge is 0.254 e. The van der Waals surface area contributed by atoms with Gasteiger partial charge in [0.2, 0.25) is 11.7 Å². The molecule has 5 nitrogen and oxygen atoms in total. The van der Waals surface area contributed by atoms with E-state index in [2.05, 4.69) is 15.5 Å². The van der Waals surface area contributed by atoms with Crippen molar-refractivity contribution >= 4 is 5.91 Å². The van der Waals surface area contributed by atoms with Crippen LogP contribution in [0.4, 0.5) is 4.39 Å². The van der Waals surface area contributed by atoms with Gasteiger partial charge >= 0.3 is 0 Å². The molecule has 2 aromatic carbocycles. The van der Waals surface area contributed by atoms with Crippen molar-refractivity contribution in [2.75, 3.05) is 0 Å². The van der Waals surface area contributed by atoms with Gasteiger partial charge in [0.15, 0.2) is 0 Å². The average molecular weight is 311 g/mol. The number of aromatic nitrogens is 2. The van der Waals surface area contributed by atoms with Gasteiger partial charge in [-0.2, -0.15) is 4.98 Å². The van der Waals surface area contributed by atoms with Crippen LogP contribution in [0.1, 0.15) is 29.2 Å². The standard InChI is InChI=1S/C17H14FN3O2/c1-11(19-16(22)13-9-5-6-10-14(13)18)17-20-15(21-23-17)12-7-3-2-4-8-12/h2-11H,1H3,(H,19,22)/t11-/m1/s1. The Labute approximate surface area is 132 Å². The van der Waals surface area contributed by atoms with Gasteiger partial charge in [-0.3, -0.25) is 4.79 Å². The second-order valence-electron chi connectivity index (χ2n) is 5.00. The van der Waals surface area contributed by atoms with Crippen LogP contribution < -0.4 is 5.32 Å². The van der Waals surface area contributed by atoms with E-state index in [9.17, 15) is 9.18 Å². The number of nitrogens with zero attached hydrogens (tertiary/aromatic N) is 2. The van der Waals surface area contributed by atoms with E-state index in [0.29, 0.717) is 5.82 Å². The Bertz CT molecular complexity index is 817. The molecule has 1 heterocycles. The highest BCUT2D eigenvalue weighted by atomic mass is 19.1. The fraction of sp³-hybridized carbons (Fsp3) is 0.118. The molecule has 1 atom stereocenters. The summed E-state index contributed by atoms with van der Waals surface area (Å²) in [7, 11) is 0. The van der Waals surface area contributed by atoms with Crippen molar-refractivity contribution in [1.82, 2.24) is 15.5 Å². The van der Waals surface area contributed by atoms with Gasteiger partial charge in [0.1, 0.15) is 11.9 Å². The summed E-state index contributed by atoms with van der Waals surface area (Å²) in [5.41, 5.74) is 0.789. The molecular formula is C17H14FN3O2. The van der Waals surface area contributed by atoms with Crippen molar-refractivity contribution in [3.8, 4) is 11.4 Å². The van der Waals surface area contributed by atoms with Crippen molar-refractivity contribution in [2.45, 2.75) is 13.0 Å². The third-order valence-electron chi connectivity index (χ3n) is 3.31. The van der Waals surface area contributed by atoms with Crippen LogP contribution in [0, 0.1) is 5.82 Å². The number of halogens is 1. The van der Waals surface area contributed by atoms with Gasteiger partial charge in [0.05, 0.1) is 5.56 Å². The molecule has 0 spiro atoms. The Balaban J connectivity index is 1.74. The Morgan fingerprint density at radius 1 is 1.13 bits per heavy atom. The average Bonchev–Trinajstić information content (AvgIpc) is 3.06. The van der Waals surface area contributed by atoms with Crippen LogP contribution in [-0.4, -0.2) is 16.0 Å². The monoisotopic (exact) mass is 311 g/mol. The van der Waals surface area contributed by atoms with Crippen molar-refractivity contribution in [2.24, 2.45) is 0 Å². The molecule has 23 heavy (non-hydrogen) atoms. The van der Waals surface area contributed by atoms with Gasteiger partial charge in [-0.05, 0) is 19.1 Å². The molecule has 1 N–H and O–H groups in total. The van der Waals surface area contributed by atoms with Crippen molar-refractivity contribution < 1.29 is 13.7 Å². The molecule has 1 amide bonds. The maximum Gasteiger partial charge on any atom is 0.254 e. The molecule has 0 aliphatic heterocycles. The largest absolute Gasteiger partial charge is 0.340 e. The number of hydrogen-bond donors (Lipinski definition) is 1. The number of rotatable bonds is 4. The third-order valence-corrected chi connectivity index (χ3v) is 3.31. The first kappa shape index (κ1) is 14.9. The van der Waals surface area contributed by atoms with Gasteiger partial charge in [-0.1, -0.05) is 47.6 Å². The zero-order chi connectivity index (χ0) is 16.2. The van der Waals surface area contributed by atoms with Crippen molar-refractivity contribution in [1.29, 1.82) is 0 Å². The fourth-order valence-electron chi connectivity index (χ4n) is 2.10. The van der Waals surface area contributed by atoms with Crippen LogP contribution in [0.25, 0.3) is 11.4 Å². The summed E-state index contributed by atoms with van der Waals surface area (Å²) < 4.78 is 18.8. The molecule has 1 aromatic heterocycles. The molecule has 0 aliphatic rings. The number of carbonyl (C=O) groups excluding carboxylic acids is 1. The highest BCUT2D eigenvalue weighted by Crippen LogP contribution is 2.18. The first-order valence-electron chi connectivity index (χ1n) is 7.09. The summed E-state index contributed by atoms with van der Waals surface area (Å²) in [5, 5.41) is 6.54. The summed E-state index contributed by atoms with van der Waals surface area (Å²) in [4.78, 5) is 16.3. The predicted octanol–water partition coefficient (Wildman–Crippen LogP) is 3.37. The van der Waals surface area contributed by atoms with Crippen LogP contribution in [0.2, 0.25) is 0 Å². The van der Waals surface area contributed by atoms with Crippen molar-refractivity contribution in [3.05, 3.63) is 71.9 Å². The van der Waals surface area contributed by atoms with E-state index in [-0.39, 0.29) is 11.5 Å². The second-order valence-corrected chi connectivity index (χ2v) is 5.00. The van der Waals surface area contributed by atoms with Gasteiger partial charge < -0.3 is 9.84 Å². The van der Waals surface area contributed by atoms with Gasteiger partial charge in [-0.25, -0.2) is 4.39 Å². The minimum absolute atomic E-state index is 0.0258. The third kappa shape index (κ3) is 3.26. The van der Waals surface area contributed by atoms with E-state index < -0.39 is 17.8 Å². The maximum absolute atomic E-state index is 13.6. The second kappa shape index (κ2) is 6.39. The van der Waals surface area contributed by atoms with Crippen LogP contribution in [0.3, 0.4) is 0 Å². The van der Waals surface area contributed by atoms with E-state index in [1.807, 2.05) is 30.3 Å². The minimum Gasteiger partial charge on any atom is -0.340 e. The molecule has 0 saturated carbocycles. The Morgan fingerprint density at radius 2 is 1.83 bits per heavy atom. The molecule has 0 saturated heterocycles. The van der Waals surface area contributed by atoms with Crippen LogP contribution in [-0.2, 0) is 0 Å². The van der Waals surface area contributed by atoms with Crippen molar-refractivity contribution in [3.63, 3.8) is 0 Å². The molecule has 0 unspecified atom stereocenters. The zero-order valence-electron chi connectivity index (χ0n) is 12.4. The van der Waals surface area contributed by atoms with Crippen LogP contribution in [0.5, 0.6) is 0 Å². The summed E-state index contributed by atoms with van der Waals surface area (Å²) in [6.45, 7) is 1.70. The molecular weight excluding hydrogens is 297 g/mol. The normalized spacial score (nSPS) is 11.9. The SMILES string of the molecule is C[C@@H](NC(=O)c1ccccc1F)c1nc(-c2ccccc2)no1. The number of hydrogen-bond acceptors (Lipinski definition) is 4. The summed E-state index contributed by atoms with van der Waals surface area (Å²) >= 11 is 0. The Morgan fingerprint density at radius 3 is 2.57 bits per heavy atom. The zero-order valence-corrected chi connectivity index (χ0v) is 12.4. The van der Waals surface area contributed by atoms with Gasteiger partial charge in [0.25, 0.3) is 5.91 Å². The van der Waals surface area contributed by atoms with Gasteiger partial charge in [-0.15, -0.1) is 0 Å². The number of benzene rings is 2. The molecule has 3 aromatic rings. The van der Waals surface area contributed by atoms with Crippen LogP contribution >= 0.6 is 0 Å².